The summed E-state index contributed by atoms with van der Waals surface area (Å²) in [6.45, 7) is 0. The molecule has 18 heavy (non-hydrogen) atoms. The highest BCUT2D eigenvalue weighted by Gasteiger charge is 2.20. The molecule has 2 rings (SSSR count). The van der Waals surface area contributed by atoms with Crippen LogP contribution in [0.1, 0.15) is 17.4 Å². The molecule has 0 aliphatic rings. The van der Waals surface area contributed by atoms with Gasteiger partial charge in [0.15, 0.2) is 0 Å². The molecule has 1 heterocycles. The minimum Gasteiger partial charge on any atom is -0.495 e. The average molecular weight is 312 g/mol. The van der Waals surface area contributed by atoms with Crippen LogP contribution in [0.2, 0.25) is 0 Å². The van der Waals surface area contributed by atoms with Crippen LogP contribution in [0.25, 0.3) is 0 Å². The van der Waals surface area contributed by atoms with E-state index in [-0.39, 0.29) is 6.04 Å². The van der Waals surface area contributed by atoms with E-state index in [1.165, 1.54) is 0 Å². The van der Waals surface area contributed by atoms with Gasteiger partial charge in [0, 0.05) is 5.56 Å². The van der Waals surface area contributed by atoms with E-state index in [0.717, 1.165) is 10.0 Å². The Kier molecular flexibility index (Phi) is 3.93. The van der Waals surface area contributed by atoms with Gasteiger partial charge in [0.1, 0.15) is 21.7 Å². The molecule has 96 valence electrons. The molecule has 0 aliphatic heterocycles. The van der Waals surface area contributed by atoms with E-state index in [1.807, 2.05) is 18.2 Å². The van der Waals surface area contributed by atoms with Gasteiger partial charge in [-0.1, -0.05) is 0 Å². The number of furan rings is 1. The predicted molar refractivity (Wildman–Crippen MR) is 72.0 cm³/mol. The highest BCUT2D eigenvalue weighted by molar-refractivity contribution is 9.10. The van der Waals surface area contributed by atoms with Crippen molar-refractivity contribution >= 4 is 15.9 Å². The molecule has 0 fully saturated rings. The van der Waals surface area contributed by atoms with Gasteiger partial charge in [-0.15, -0.1) is 0 Å². The van der Waals surface area contributed by atoms with Crippen LogP contribution in [0.4, 0.5) is 0 Å². The van der Waals surface area contributed by atoms with Crippen molar-refractivity contribution in [3.8, 4) is 11.5 Å². The Balaban J connectivity index is 2.48. The first-order valence-electron chi connectivity index (χ1n) is 5.38. The van der Waals surface area contributed by atoms with Crippen molar-refractivity contribution in [2.75, 3.05) is 14.2 Å². The van der Waals surface area contributed by atoms with Crippen molar-refractivity contribution in [2.45, 2.75) is 6.04 Å². The molecule has 1 atom stereocenters. The summed E-state index contributed by atoms with van der Waals surface area (Å²) < 4.78 is 16.7. The fourth-order valence-corrected chi connectivity index (χ4v) is 2.47. The molecule has 1 aromatic heterocycles. The van der Waals surface area contributed by atoms with Crippen molar-refractivity contribution in [1.29, 1.82) is 0 Å². The van der Waals surface area contributed by atoms with Gasteiger partial charge in [-0.3, -0.25) is 0 Å². The zero-order valence-electron chi connectivity index (χ0n) is 10.1. The first kappa shape index (κ1) is 13.0. The molecule has 4 nitrogen and oxygen atoms in total. The molecule has 0 saturated carbocycles. The zero-order chi connectivity index (χ0) is 13.1. The summed E-state index contributed by atoms with van der Waals surface area (Å²) in [6, 6.07) is 6.97. The maximum Gasteiger partial charge on any atom is 0.142 e. The summed E-state index contributed by atoms with van der Waals surface area (Å²) in [5, 5.41) is 0. The summed E-state index contributed by atoms with van der Waals surface area (Å²) in [6.07, 6.45) is 1.60. The average Bonchev–Trinajstić information content (AvgIpc) is 2.91. The fourth-order valence-electron chi connectivity index (χ4n) is 1.78. The van der Waals surface area contributed by atoms with Gasteiger partial charge in [-0.25, -0.2) is 0 Å². The lowest BCUT2D eigenvalue weighted by atomic mass is 10.0. The van der Waals surface area contributed by atoms with E-state index in [1.54, 1.807) is 26.5 Å². The lowest BCUT2D eigenvalue weighted by Crippen LogP contribution is -2.12. The second kappa shape index (κ2) is 5.46. The molecule has 0 spiro atoms. The summed E-state index contributed by atoms with van der Waals surface area (Å²) in [5.74, 6) is 2.03. The van der Waals surface area contributed by atoms with Crippen LogP contribution in [0.3, 0.4) is 0 Å². The number of benzene rings is 1. The molecular weight excluding hydrogens is 298 g/mol. The largest absolute Gasteiger partial charge is 0.495 e. The third-order valence-electron chi connectivity index (χ3n) is 2.70. The number of halogens is 1. The number of rotatable bonds is 4. The molecule has 0 saturated heterocycles. The number of hydrogen-bond acceptors (Lipinski definition) is 4. The summed E-state index contributed by atoms with van der Waals surface area (Å²) in [4.78, 5) is 0. The Hall–Kier alpha value is -1.46. The second-order valence-electron chi connectivity index (χ2n) is 3.70. The Bertz CT molecular complexity index is 525. The van der Waals surface area contributed by atoms with Gasteiger partial charge < -0.3 is 19.6 Å². The molecule has 1 unspecified atom stereocenters. The minimum atomic E-state index is -0.378. The van der Waals surface area contributed by atoms with E-state index in [2.05, 4.69) is 15.9 Å². The van der Waals surface area contributed by atoms with Crippen molar-refractivity contribution in [3.05, 3.63) is 46.3 Å². The molecule has 5 heteroatoms. The SMILES string of the molecule is COc1ccc(C(N)c2ccco2)c(OC)c1Br. The van der Waals surface area contributed by atoms with Crippen molar-refractivity contribution < 1.29 is 13.9 Å². The third kappa shape index (κ3) is 2.23. The Morgan fingerprint density at radius 2 is 2.00 bits per heavy atom. The van der Waals surface area contributed by atoms with E-state index in [4.69, 9.17) is 19.6 Å². The monoisotopic (exact) mass is 311 g/mol. The van der Waals surface area contributed by atoms with E-state index in [9.17, 15) is 0 Å². The third-order valence-corrected chi connectivity index (χ3v) is 3.45. The molecule has 0 radical (unpaired) electrons. The maximum atomic E-state index is 6.16. The second-order valence-corrected chi connectivity index (χ2v) is 4.49. The summed E-state index contributed by atoms with van der Waals surface area (Å²) >= 11 is 3.45. The molecule has 2 aromatic rings. The van der Waals surface area contributed by atoms with Crippen LogP contribution in [0.5, 0.6) is 11.5 Å². The molecule has 2 N–H and O–H groups in total. The van der Waals surface area contributed by atoms with Gasteiger partial charge in [0.25, 0.3) is 0 Å². The van der Waals surface area contributed by atoms with E-state index in [0.29, 0.717) is 17.3 Å². The first-order valence-corrected chi connectivity index (χ1v) is 6.17. The molecular formula is C13H14BrNO3. The van der Waals surface area contributed by atoms with Crippen LogP contribution >= 0.6 is 15.9 Å². The molecule has 0 bridgehead atoms. The Labute approximate surface area is 114 Å². The van der Waals surface area contributed by atoms with Crippen LogP contribution in [-0.2, 0) is 0 Å². The van der Waals surface area contributed by atoms with Crippen molar-refractivity contribution in [2.24, 2.45) is 5.73 Å². The van der Waals surface area contributed by atoms with Crippen LogP contribution in [-0.4, -0.2) is 14.2 Å². The first-order chi connectivity index (χ1) is 8.69. The lowest BCUT2D eigenvalue weighted by molar-refractivity contribution is 0.382. The van der Waals surface area contributed by atoms with Crippen LogP contribution in [0.15, 0.2) is 39.4 Å². The summed E-state index contributed by atoms with van der Waals surface area (Å²) in [7, 11) is 3.20. The quantitative estimate of drug-likeness (QED) is 0.942. The normalized spacial score (nSPS) is 12.2. The number of ether oxygens (including phenoxy) is 2. The summed E-state index contributed by atoms with van der Waals surface area (Å²) in [5.41, 5.74) is 7.00. The van der Waals surface area contributed by atoms with Gasteiger partial charge in [0.05, 0.1) is 26.5 Å². The number of nitrogens with two attached hydrogens (primary N) is 1. The highest BCUT2D eigenvalue weighted by Crippen LogP contribution is 2.40. The van der Waals surface area contributed by atoms with Gasteiger partial charge in [-0.05, 0) is 40.2 Å². The topological polar surface area (TPSA) is 57.6 Å². The molecule has 0 aliphatic carbocycles. The highest BCUT2D eigenvalue weighted by atomic mass is 79.9. The van der Waals surface area contributed by atoms with Crippen LogP contribution < -0.4 is 15.2 Å². The minimum absolute atomic E-state index is 0.378. The van der Waals surface area contributed by atoms with Gasteiger partial charge in [-0.2, -0.15) is 0 Å². The van der Waals surface area contributed by atoms with E-state index >= 15 is 0 Å². The lowest BCUT2D eigenvalue weighted by Gasteiger charge is -2.16. The number of methoxy groups -OCH3 is 2. The standard InChI is InChI=1S/C13H14BrNO3/c1-16-9-6-5-8(13(17-2)11(9)14)12(15)10-4-3-7-18-10/h3-7,12H,15H2,1-2H3. The smallest absolute Gasteiger partial charge is 0.142 e. The maximum absolute atomic E-state index is 6.16. The van der Waals surface area contributed by atoms with Crippen molar-refractivity contribution in [1.82, 2.24) is 0 Å². The fraction of sp³-hybridized carbons (Fsp3) is 0.231. The Morgan fingerprint density at radius 1 is 1.22 bits per heavy atom. The van der Waals surface area contributed by atoms with E-state index < -0.39 is 0 Å². The molecule has 1 aromatic carbocycles. The van der Waals surface area contributed by atoms with Gasteiger partial charge >= 0.3 is 0 Å². The zero-order valence-corrected chi connectivity index (χ0v) is 11.7. The number of hydrogen-bond donors (Lipinski definition) is 1. The predicted octanol–water partition coefficient (Wildman–Crippen LogP) is 3.11. The van der Waals surface area contributed by atoms with Gasteiger partial charge in [0.2, 0.25) is 0 Å². The van der Waals surface area contributed by atoms with Crippen molar-refractivity contribution in [3.63, 3.8) is 0 Å². The van der Waals surface area contributed by atoms with Crippen LogP contribution in [0, 0.1) is 0 Å². The Morgan fingerprint density at radius 3 is 2.56 bits per heavy atom. The molecule has 0 amide bonds.